The Morgan fingerprint density at radius 1 is 1.19 bits per heavy atom. The summed E-state index contributed by atoms with van der Waals surface area (Å²) in [5.74, 6) is -0.917. The summed E-state index contributed by atoms with van der Waals surface area (Å²) in [4.78, 5) is 45.9. The Hall–Kier alpha value is -2.59. The number of halogens is 1. The molecule has 1 N–H and O–H groups in total. The highest BCUT2D eigenvalue weighted by molar-refractivity contribution is 6.30. The quantitative estimate of drug-likeness (QED) is 0.518. The van der Waals surface area contributed by atoms with Crippen molar-refractivity contribution in [2.24, 2.45) is 5.41 Å². The van der Waals surface area contributed by atoms with Gasteiger partial charge in [0.25, 0.3) is 5.91 Å². The van der Waals surface area contributed by atoms with Crippen LogP contribution < -0.4 is 5.43 Å². The summed E-state index contributed by atoms with van der Waals surface area (Å²) in [5.41, 5.74) is 0.339. The third kappa shape index (κ3) is 3.65. The monoisotopic (exact) mass is 460 g/mol. The number of rotatable bonds is 6. The van der Waals surface area contributed by atoms with E-state index in [0.29, 0.717) is 24.3 Å². The molecule has 3 unspecified atom stereocenters. The summed E-state index contributed by atoms with van der Waals surface area (Å²) in [6, 6.07) is 7.26. The van der Waals surface area contributed by atoms with E-state index in [9.17, 15) is 9.59 Å². The molecule has 3 atom stereocenters. The Morgan fingerprint density at radius 3 is 2.59 bits per heavy atom. The van der Waals surface area contributed by atoms with Gasteiger partial charge >= 0.3 is 5.97 Å². The fourth-order valence-corrected chi connectivity index (χ4v) is 4.58. The van der Waals surface area contributed by atoms with Crippen molar-refractivity contribution in [3.63, 3.8) is 0 Å². The average Bonchev–Trinajstić information content (AvgIpc) is 2.98. The zero-order valence-electron chi connectivity index (χ0n) is 18.1. The standard InChI is InChI=1S/C22H25ClN4O5/c1-4-30-19(29)22(13-15-5-7-16(23)8-6-15)10-9-20(2)27(21(22,3)32-31-20)26-18(28)17-14-24-11-12-25-17/h5-8,11-12,14H,4,9-10,13H2,1-3H3,(H,26,28). The molecule has 32 heavy (non-hydrogen) atoms. The maximum Gasteiger partial charge on any atom is 0.316 e. The lowest BCUT2D eigenvalue weighted by molar-refractivity contribution is -0.350. The van der Waals surface area contributed by atoms with Gasteiger partial charge in [-0.15, -0.1) is 0 Å². The molecule has 1 amide bonds. The van der Waals surface area contributed by atoms with E-state index in [0.717, 1.165) is 5.56 Å². The Morgan fingerprint density at radius 2 is 1.94 bits per heavy atom. The lowest BCUT2D eigenvalue weighted by Gasteiger charge is -2.52. The van der Waals surface area contributed by atoms with E-state index in [1.165, 1.54) is 18.6 Å². The molecular weight excluding hydrogens is 436 g/mol. The summed E-state index contributed by atoms with van der Waals surface area (Å²) >= 11 is 6.05. The van der Waals surface area contributed by atoms with E-state index in [1.807, 2.05) is 12.1 Å². The SMILES string of the molecule is CCOC(=O)C1(Cc2ccc(Cl)cc2)CCC2(C)OOC1(C)N2NC(=O)c1cnccn1. The van der Waals surface area contributed by atoms with Crippen LogP contribution in [0.4, 0.5) is 0 Å². The largest absolute Gasteiger partial charge is 0.465 e. The van der Waals surface area contributed by atoms with Gasteiger partial charge in [-0.3, -0.25) is 20.0 Å². The zero-order valence-corrected chi connectivity index (χ0v) is 18.9. The van der Waals surface area contributed by atoms with Crippen LogP contribution in [0.2, 0.25) is 5.02 Å². The minimum Gasteiger partial charge on any atom is -0.465 e. The average molecular weight is 461 g/mol. The maximum atomic E-state index is 13.4. The molecule has 2 bridgehead atoms. The third-order valence-corrected chi connectivity index (χ3v) is 6.53. The van der Waals surface area contributed by atoms with Gasteiger partial charge in [-0.25, -0.2) is 14.8 Å². The van der Waals surface area contributed by atoms with Gasteiger partial charge in [-0.05, 0) is 57.7 Å². The lowest BCUT2D eigenvalue weighted by Crippen LogP contribution is -2.72. The minimum atomic E-state index is -1.36. The lowest BCUT2D eigenvalue weighted by atomic mass is 9.66. The number of nitrogens with zero attached hydrogens (tertiary/aromatic N) is 3. The number of fused-ring (bicyclic) bond motifs is 2. The van der Waals surface area contributed by atoms with Crippen molar-refractivity contribution in [3.8, 4) is 0 Å². The highest BCUT2D eigenvalue weighted by atomic mass is 35.5. The van der Waals surface area contributed by atoms with Crippen LogP contribution in [0, 0.1) is 5.41 Å². The highest BCUT2D eigenvalue weighted by Gasteiger charge is 2.71. The van der Waals surface area contributed by atoms with Crippen LogP contribution in [0.5, 0.6) is 0 Å². The first-order valence-corrected chi connectivity index (χ1v) is 10.8. The predicted molar refractivity (Wildman–Crippen MR) is 114 cm³/mol. The summed E-state index contributed by atoms with van der Waals surface area (Å²) < 4.78 is 5.51. The molecule has 0 radical (unpaired) electrons. The Bertz CT molecular complexity index is 1010. The first kappa shape index (κ1) is 22.6. The highest BCUT2D eigenvalue weighted by Crippen LogP contribution is 2.57. The number of benzene rings is 1. The molecule has 0 saturated carbocycles. The van der Waals surface area contributed by atoms with E-state index in [-0.39, 0.29) is 12.3 Å². The van der Waals surface area contributed by atoms with Crippen LogP contribution in [0.3, 0.4) is 0 Å². The molecule has 2 aliphatic heterocycles. The number of carbonyl (C=O) groups excluding carboxylic acids is 2. The first-order valence-electron chi connectivity index (χ1n) is 10.4. The summed E-state index contributed by atoms with van der Waals surface area (Å²) in [7, 11) is 0. The Labute approximate surface area is 190 Å². The molecule has 2 saturated heterocycles. The van der Waals surface area contributed by atoms with E-state index >= 15 is 0 Å². The van der Waals surface area contributed by atoms with E-state index in [4.69, 9.17) is 26.1 Å². The molecule has 2 aliphatic rings. The molecule has 2 aromatic rings. The first-order chi connectivity index (χ1) is 15.2. The fourth-order valence-electron chi connectivity index (χ4n) is 4.46. The number of nitrogens with one attached hydrogen (secondary N) is 1. The number of hydrogen-bond acceptors (Lipinski definition) is 8. The molecule has 10 heteroatoms. The number of amides is 1. The second kappa shape index (κ2) is 8.40. The third-order valence-electron chi connectivity index (χ3n) is 6.28. The van der Waals surface area contributed by atoms with Crippen molar-refractivity contribution in [2.45, 2.75) is 51.5 Å². The molecule has 3 heterocycles. The van der Waals surface area contributed by atoms with Gasteiger partial charge in [-0.1, -0.05) is 23.7 Å². The smallest absolute Gasteiger partial charge is 0.316 e. The number of carbonyl (C=O) groups is 2. The van der Waals surface area contributed by atoms with Gasteiger partial charge < -0.3 is 4.74 Å². The number of piperidine rings is 1. The molecule has 1 aromatic carbocycles. The Balaban J connectivity index is 1.74. The predicted octanol–water partition coefficient (Wildman–Crippen LogP) is 3.06. The Kier molecular flexibility index (Phi) is 5.93. The van der Waals surface area contributed by atoms with Gasteiger partial charge in [0.15, 0.2) is 11.4 Å². The molecule has 170 valence electrons. The topological polar surface area (TPSA) is 103 Å². The second-order valence-electron chi connectivity index (χ2n) is 8.30. The van der Waals surface area contributed by atoms with Gasteiger partial charge in [0.2, 0.25) is 0 Å². The van der Waals surface area contributed by atoms with E-state index < -0.39 is 28.7 Å². The molecule has 9 nitrogen and oxygen atoms in total. The van der Waals surface area contributed by atoms with Crippen LogP contribution in [0.25, 0.3) is 0 Å². The van der Waals surface area contributed by atoms with Gasteiger partial charge in [0.1, 0.15) is 11.1 Å². The normalized spacial score (nSPS) is 29.5. The maximum absolute atomic E-state index is 13.4. The van der Waals surface area contributed by atoms with Crippen LogP contribution in [-0.4, -0.2) is 44.9 Å². The van der Waals surface area contributed by atoms with E-state index in [2.05, 4.69) is 15.4 Å². The summed E-state index contributed by atoms with van der Waals surface area (Å²) in [6.07, 6.45) is 5.42. The van der Waals surface area contributed by atoms with Crippen LogP contribution in [-0.2, 0) is 25.7 Å². The zero-order chi connectivity index (χ0) is 23.0. The second-order valence-corrected chi connectivity index (χ2v) is 8.73. The molecule has 0 aliphatic carbocycles. The van der Waals surface area contributed by atoms with Crippen molar-refractivity contribution in [1.82, 2.24) is 20.4 Å². The minimum absolute atomic E-state index is 0.129. The molecule has 4 rings (SSSR count). The number of aromatic nitrogens is 2. The van der Waals surface area contributed by atoms with Gasteiger partial charge in [0, 0.05) is 17.4 Å². The molecular formula is C22H25ClN4O5. The van der Waals surface area contributed by atoms with Crippen LogP contribution in [0.1, 0.15) is 49.7 Å². The number of hydrazine groups is 1. The van der Waals surface area contributed by atoms with Gasteiger partial charge in [0.05, 0.1) is 12.8 Å². The van der Waals surface area contributed by atoms with Crippen molar-refractivity contribution >= 4 is 23.5 Å². The van der Waals surface area contributed by atoms with Crippen molar-refractivity contribution < 1.29 is 24.1 Å². The van der Waals surface area contributed by atoms with Crippen molar-refractivity contribution in [3.05, 3.63) is 59.1 Å². The molecule has 0 spiro atoms. The molecule has 1 aromatic heterocycles. The van der Waals surface area contributed by atoms with E-state index in [1.54, 1.807) is 37.9 Å². The summed E-state index contributed by atoms with van der Waals surface area (Å²) in [5, 5.41) is 2.16. The van der Waals surface area contributed by atoms with Crippen molar-refractivity contribution in [2.75, 3.05) is 6.61 Å². The number of esters is 1. The van der Waals surface area contributed by atoms with Gasteiger partial charge in [-0.2, -0.15) is 5.01 Å². The van der Waals surface area contributed by atoms with Crippen LogP contribution in [0.15, 0.2) is 42.9 Å². The summed E-state index contributed by atoms with van der Waals surface area (Å²) in [6.45, 7) is 5.48. The number of ether oxygens (including phenoxy) is 1. The molecule has 2 fully saturated rings. The fraction of sp³-hybridized carbons (Fsp3) is 0.455. The number of hydrogen-bond donors (Lipinski definition) is 1. The van der Waals surface area contributed by atoms with Crippen molar-refractivity contribution in [1.29, 1.82) is 0 Å². The van der Waals surface area contributed by atoms with Crippen LogP contribution >= 0.6 is 11.6 Å².